The third kappa shape index (κ3) is 3.98. The van der Waals surface area contributed by atoms with Crippen LogP contribution in [0.3, 0.4) is 0 Å². The molecular formula is C27H25ClN2O2. The molecule has 0 bridgehead atoms. The van der Waals surface area contributed by atoms with Gasteiger partial charge in [0.2, 0.25) is 0 Å². The monoisotopic (exact) mass is 444 g/mol. The molecule has 0 saturated heterocycles. The molecule has 2 unspecified atom stereocenters. The van der Waals surface area contributed by atoms with Gasteiger partial charge in [-0.15, -0.1) is 0 Å². The van der Waals surface area contributed by atoms with E-state index in [0.29, 0.717) is 18.1 Å². The summed E-state index contributed by atoms with van der Waals surface area (Å²) >= 11 is 6.08. The minimum absolute atomic E-state index is 0.122. The quantitative estimate of drug-likeness (QED) is 0.469. The zero-order valence-electron chi connectivity index (χ0n) is 17.9. The van der Waals surface area contributed by atoms with Gasteiger partial charge in [-0.1, -0.05) is 48.0 Å². The van der Waals surface area contributed by atoms with Gasteiger partial charge in [-0.3, -0.25) is 4.79 Å². The molecule has 32 heavy (non-hydrogen) atoms. The molecule has 0 aromatic heterocycles. The van der Waals surface area contributed by atoms with Gasteiger partial charge in [-0.25, -0.2) is 0 Å². The molecule has 5 heteroatoms. The van der Waals surface area contributed by atoms with E-state index in [9.17, 15) is 4.79 Å². The molecule has 162 valence electrons. The third-order valence-electron chi connectivity index (χ3n) is 6.17. The summed E-state index contributed by atoms with van der Waals surface area (Å²) < 4.78 is 5.61. The topological polar surface area (TPSA) is 50.4 Å². The molecule has 4 nitrogen and oxygen atoms in total. The number of allylic oxidation sites excluding steroid dienone is 1. The summed E-state index contributed by atoms with van der Waals surface area (Å²) in [5, 5.41) is 7.90. The lowest BCUT2D eigenvalue weighted by Crippen LogP contribution is -2.26. The fraction of sp³-hybridized carbons (Fsp3) is 0.222. The van der Waals surface area contributed by atoms with E-state index in [1.807, 2.05) is 79.7 Å². The summed E-state index contributed by atoms with van der Waals surface area (Å²) in [6.07, 6.45) is 1.25. The lowest BCUT2D eigenvalue weighted by atomic mass is 9.78. The predicted octanol–water partition coefficient (Wildman–Crippen LogP) is 6.72. The fourth-order valence-corrected chi connectivity index (χ4v) is 4.76. The van der Waals surface area contributed by atoms with Gasteiger partial charge in [0, 0.05) is 22.7 Å². The summed E-state index contributed by atoms with van der Waals surface area (Å²) in [5.74, 6) is 1.12. The van der Waals surface area contributed by atoms with Crippen LogP contribution in [-0.2, 0) is 4.79 Å². The van der Waals surface area contributed by atoms with Crippen LogP contribution < -0.4 is 15.4 Å². The molecule has 3 aromatic carbocycles. The van der Waals surface area contributed by atoms with Crippen molar-refractivity contribution in [2.45, 2.75) is 31.7 Å². The maximum atomic E-state index is 13.5. The molecule has 2 aliphatic rings. The summed E-state index contributed by atoms with van der Waals surface area (Å²) in [6.45, 7) is 2.59. The summed E-state index contributed by atoms with van der Waals surface area (Å²) in [6, 6.07) is 23.7. The highest BCUT2D eigenvalue weighted by Gasteiger charge is 2.36. The maximum absolute atomic E-state index is 13.5. The number of rotatable bonds is 4. The number of nitrogens with one attached hydrogen (secondary N) is 2. The van der Waals surface area contributed by atoms with Gasteiger partial charge >= 0.3 is 0 Å². The second-order valence-corrected chi connectivity index (χ2v) is 8.66. The number of ketones is 1. The van der Waals surface area contributed by atoms with Crippen LogP contribution in [-0.4, -0.2) is 12.4 Å². The van der Waals surface area contributed by atoms with Crippen LogP contribution >= 0.6 is 11.6 Å². The first-order valence-corrected chi connectivity index (χ1v) is 11.4. The highest BCUT2D eigenvalue weighted by atomic mass is 35.5. The second kappa shape index (κ2) is 8.71. The van der Waals surface area contributed by atoms with Crippen LogP contribution in [0.1, 0.15) is 42.9 Å². The molecule has 5 rings (SSSR count). The van der Waals surface area contributed by atoms with Gasteiger partial charge < -0.3 is 15.4 Å². The van der Waals surface area contributed by atoms with Crippen molar-refractivity contribution >= 4 is 28.8 Å². The Labute approximate surface area is 193 Å². The molecule has 0 amide bonds. The first kappa shape index (κ1) is 20.7. The zero-order chi connectivity index (χ0) is 22.1. The Morgan fingerprint density at radius 3 is 2.31 bits per heavy atom. The lowest BCUT2D eigenvalue weighted by Gasteiger charge is -2.30. The molecule has 1 heterocycles. The minimum atomic E-state index is -0.226. The number of hydrogen-bond acceptors (Lipinski definition) is 4. The van der Waals surface area contributed by atoms with Crippen LogP contribution in [0.5, 0.6) is 5.75 Å². The molecule has 0 radical (unpaired) electrons. The second-order valence-electron chi connectivity index (χ2n) is 8.22. The van der Waals surface area contributed by atoms with Gasteiger partial charge in [-0.2, -0.15) is 0 Å². The number of fused-ring (bicyclic) bond motifs is 1. The number of carbonyl (C=O) groups is 1. The van der Waals surface area contributed by atoms with Crippen molar-refractivity contribution in [1.29, 1.82) is 0 Å². The van der Waals surface area contributed by atoms with Crippen molar-refractivity contribution in [3.8, 4) is 5.75 Å². The Hall–Kier alpha value is -3.24. The Kier molecular flexibility index (Phi) is 5.62. The number of carbonyl (C=O) groups excluding carboxylic acids is 1. The molecule has 2 atom stereocenters. The average Bonchev–Trinajstić information content (AvgIpc) is 2.97. The number of Topliss-reactive ketones (excluding diaryl/α,β-unsaturated/α-hetero) is 1. The SMILES string of the molecule is CCOc1ccc(C2Nc3ccccc3NC3=C2C(=O)CC(c2ccc(Cl)cc2)C3)cc1. The van der Waals surface area contributed by atoms with Crippen LogP contribution in [0.2, 0.25) is 5.02 Å². The van der Waals surface area contributed by atoms with Crippen LogP contribution in [0.4, 0.5) is 11.4 Å². The van der Waals surface area contributed by atoms with E-state index in [1.165, 1.54) is 0 Å². The molecule has 3 aromatic rings. The summed E-state index contributed by atoms with van der Waals surface area (Å²) in [5.41, 5.74) is 5.94. The minimum Gasteiger partial charge on any atom is -0.494 e. The molecule has 0 saturated carbocycles. The van der Waals surface area contributed by atoms with Gasteiger partial charge in [0.1, 0.15) is 5.75 Å². The Morgan fingerprint density at radius 1 is 0.906 bits per heavy atom. The largest absolute Gasteiger partial charge is 0.494 e. The molecule has 2 N–H and O–H groups in total. The van der Waals surface area contributed by atoms with E-state index in [2.05, 4.69) is 10.6 Å². The predicted molar refractivity (Wildman–Crippen MR) is 129 cm³/mol. The summed E-state index contributed by atoms with van der Waals surface area (Å²) in [4.78, 5) is 13.5. The number of para-hydroxylation sites is 2. The zero-order valence-corrected chi connectivity index (χ0v) is 18.7. The average molecular weight is 445 g/mol. The normalized spacial score (nSPS) is 19.9. The molecule has 1 aliphatic heterocycles. The van der Waals surface area contributed by atoms with E-state index in [1.54, 1.807) is 0 Å². The van der Waals surface area contributed by atoms with E-state index < -0.39 is 0 Å². The number of hydrogen-bond donors (Lipinski definition) is 2. The van der Waals surface area contributed by atoms with Crippen molar-refractivity contribution in [2.75, 3.05) is 17.2 Å². The number of anilines is 2. The molecular weight excluding hydrogens is 420 g/mol. The van der Waals surface area contributed by atoms with Gasteiger partial charge in [0.25, 0.3) is 0 Å². The third-order valence-corrected chi connectivity index (χ3v) is 6.43. The standard InChI is InChI=1S/C27H25ClN2O2/c1-2-32-21-13-9-18(10-14-21)27-26-24(29-22-5-3-4-6-23(22)30-27)15-19(16-25(26)31)17-7-11-20(28)12-8-17/h3-14,19,27,29-30H,2,15-16H2,1H3. The van der Waals surface area contributed by atoms with E-state index in [4.69, 9.17) is 16.3 Å². The van der Waals surface area contributed by atoms with Gasteiger partial charge in [0.05, 0.1) is 24.0 Å². The fourth-order valence-electron chi connectivity index (χ4n) is 4.64. The van der Waals surface area contributed by atoms with E-state index >= 15 is 0 Å². The number of ether oxygens (including phenoxy) is 1. The van der Waals surface area contributed by atoms with Crippen LogP contribution in [0.25, 0.3) is 0 Å². The van der Waals surface area contributed by atoms with Crippen molar-refractivity contribution < 1.29 is 9.53 Å². The smallest absolute Gasteiger partial charge is 0.163 e. The highest BCUT2D eigenvalue weighted by Crippen LogP contribution is 2.44. The van der Waals surface area contributed by atoms with Gasteiger partial charge in [0.15, 0.2) is 5.78 Å². The highest BCUT2D eigenvalue weighted by molar-refractivity contribution is 6.30. The molecule has 0 fully saturated rings. The molecule has 0 spiro atoms. The summed E-state index contributed by atoms with van der Waals surface area (Å²) in [7, 11) is 0. The van der Waals surface area contributed by atoms with Crippen molar-refractivity contribution in [1.82, 2.24) is 0 Å². The van der Waals surface area contributed by atoms with Crippen molar-refractivity contribution in [3.63, 3.8) is 0 Å². The number of benzene rings is 3. The van der Waals surface area contributed by atoms with Gasteiger partial charge in [-0.05, 0) is 66.8 Å². The Balaban J connectivity index is 1.56. The van der Waals surface area contributed by atoms with E-state index in [-0.39, 0.29) is 17.7 Å². The lowest BCUT2D eigenvalue weighted by molar-refractivity contribution is -0.116. The number of halogens is 1. The Morgan fingerprint density at radius 2 is 1.59 bits per heavy atom. The van der Waals surface area contributed by atoms with Crippen LogP contribution in [0, 0.1) is 0 Å². The molecule has 1 aliphatic carbocycles. The van der Waals surface area contributed by atoms with Crippen LogP contribution in [0.15, 0.2) is 84.1 Å². The Bertz CT molecular complexity index is 1170. The first-order chi connectivity index (χ1) is 15.6. The van der Waals surface area contributed by atoms with E-state index in [0.717, 1.165) is 45.9 Å². The maximum Gasteiger partial charge on any atom is 0.163 e. The first-order valence-electron chi connectivity index (χ1n) is 11.0. The van der Waals surface area contributed by atoms with Crippen molar-refractivity contribution in [2.24, 2.45) is 0 Å². The van der Waals surface area contributed by atoms with Crippen molar-refractivity contribution in [3.05, 3.63) is 100 Å².